The van der Waals surface area contributed by atoms with E-state index in [9.17, 15) is 9.59 Å². The number of anilines is 1. The summed E-state index contributed by atoms with van der Waals surface area (Å²) in [7, 11) is 0. The predicted octanol–water partition coefficient (Wildman–Crippen LogP) is 4.04. The van der Waals surface area contributed by atoms with Crippen LogP contribution in [0.3, 0.4) is 0 Å². The molecule has 0 aliphatic heterocycles. The largest absolute Gasteiger partial charge is 0.326 e. The Morgan fingerprint density at radius 3 is 2.56 bits per heavy atom. The van der Waals surface area contributed by atoms with E-state index in [-0.39, 0.29) is 24.3 Å². The zero-order chi connectivity index (χ0) is 22.7. The number of benzene rings is 2. The summed E-state index contributed by atoms with van der Waals surface area (Å²) >= 11 is 0. The van der Waals surface area contributed by atoms with E-state index in [2.05, 4.69) is 22.3 Å². The van der Waals surface area contributed by atoms with Crippen LogP contribution in [0, 0.1) is 6.92 Å². The van der Waals surface area contributed by atoms with Gasteiger partial charge in [-0.1, -0.05) is 37.3 Å². The number of fused-ring (bicyclic) bond motifs is 1. The first-order chi connectivity index (χ1) is 15.5. The molecule has 0 aliphatic rings. The smallest absolute Gasteiger partial charge is 0.273 e. The molecule has 0 spiro atoms. The second-order valence-electron chi connectivity index (χ2n) is 7.71. The van der Waals surface area contributed by atoms with Crippen molar-refractivity contribution in [3.8, 4) is 5.69 Å². The Balaban J connectivity index is 1.62. The third kappa shape index (κ3) is 4.19. The highest BCUT2D eigenvalue weighted by Crippen LogP contribution is 2.20. The Hall–Kier alpha value is -3.74. The number of rotatable bonds is 7. The van der Waals surface area contributed by atoms with Crippen LogP contribution in [0.4, 0.5) is 5.69 Å². The number of para-hydroxylation sites is 1. The summed E-state index contributed by atoms with van der Waals surface area (Å²) in [6.45, 7) is 6.37. The molecule has 0 unspecified atom stereocenters. The van der Waals surface area contributed by atoms with Crippen LogP contribution in [0.5, 0.6) is 0 Å². The standard InChI is InChI=1S/C25H27N5O2/c1-4-18-10-9-11-19(16-18)26-22(31)15-14-21-25(32)29(5-2)24-23(27-21)17(3)28-30(24)20-12-7-6-8-13-20/h6-13,16H,4-5,14-15H2,1-3H3,(H,26,31). The lowest BCUT2D eigenvalue weighted by atomic mass is 10.1. The van der Waals surface area contributed by atoms with E-state index in [1.54, 1.807) is 9.25 Å². The zero-order valence-corrected chi connectivity index (χ0v) is 18.6. The minimum atomic E-state index is -0.183. The fourth-order valence-electron chi connectivity index (χ4n) is 3.84. The third-order valence-electron chi connectivity index (χ3n) is 5.52. The van der Waals surface area contributed by atoms with Gasteiger partial charge in [-0.2, -0.15) is 5.10 Å². The van der Waals surface area contributed by atoms with Crippen LogP contribution in [0.1, 0.15) is 37.2 Å². The Labute approximate surface area is 186 Å². The molecule has 164 valence electrons. The molecule has 1 amide bonds. The number of carbonyl (C=O) groups excluding carboxylic acids is 1. The Morgan fingerprint density at radius 1 is 1.06 bits per heavy atom. The predicted molar refractivity (Wildman–Crippen MR) is 126 cm³/mol. The summed E-state index contributed by atoms with van der Waals surface area (Å²) in [6, 6.07) is 17.5. The van der Waals surface area contributed by atoms with Crippen LogP contribution in [0.25, 0.3) is 16.9 Å². The lowest BCUT2D eigenvalue weighted by molar-refractivity contribution is -0.116. The Kier molecular flexibility index (Phi) is 6.16. The summed E-state index contributed by atoms with van der Waals surface area (Å²) in [5, 5.41) is 7.55. The van der Waals surface area contributed by atoms with Crippen LogP contribution in [-0.2, 0) is 24.2 Å². The number of hydrogen-bond acceptors (Lipinski definition) is 4. The van der Waals surface area contributed by atoms with Gasteiger partial charge in [0.15, 0.2) is 5.65 Å². The Morgan fingerprint density at radius 2 is 1.84 bits per heavy atom. The summed E-state index contributed by atoms with van der Waals surface area (Å²) in [6.07, 6.45) is 1.35. The number of amides is 1. The van der Waals surface area contributed by atoms with Crippen molar-refractivity contribution in [1.29, 1.82) is 0 Å². The molecule has 0 radical (unpaired) electrons. The SMILES string of the molecule is CCc1cccc(NC(=O)CCc2nc3c(C)nn(-c4ccccc4)c3n(CC)c2=O)c1. The summed E-state index contributed by atoms with van der Waals surface area (Å²) in [4.78, 5) is 30.3. The van der Waals surface area contributed by atoms with E-state index >= 15 is 0 Å². The molecule has 4 aromatic rings. The number of nitrogens with one attached hydrogen (secondary N) is 1. The highest BCUT2D eigenvalue weighted by Gasteiger charge is 2.19. The summed E-state index contributed by atoms with van der Waals surface area (Å²) in [5.41, 5.74) is 5.09. The lowest BCUT2D eigenvalue weighted by Crippen LogP contribution is -2.27. The highest BCUT2D eigenvalue weighted by atomic mass is 16.1. The van der Waals surface area contributed by atoms with Crippen molar-refractivity contribution < 1.29 is 4.79 Å². The van der Waals surface area contributed by atoms with Gasteiger partial charge in [-0.3, -0.25) is 14.2 Å². The van der Waals surface area contributed by atoms with Crippen LogP contribution in [0.15, 0.2) is 59.4 Å². The first-order valence-electron chi connectivity index (χ1n) is 10.9. The van der Waals surface area contributed by atoms with E-state index in [0.29, 0.717) is 23.4 Å². The molecule has 32 heavy (non-hydrogen) atoms. The molecule has 7 nitrogen and oxygen atoms in total. The molecule has 0 saturated carbocycles. The topological polar surface area (TPSA) is 81.8 Å². The van der Waals surface area contributed by atoms with E-state index in [1.165, 1.54) is 0 Å². The van der Waals surface area contributed by atoms with E-state index in [4.69, 9.17) is 0 Å². The number of carbonyl (C=O) groups is 1. The van der Waals surface area contributed by atoms with Crippen molar-refractivity contribution in [2.45, 2.75) is 46.6 Å². The molecule has 0 aliphatic carbocycles. The van der Waals surface area contributed by atoms with Crippen LogP contribution < -0.4 is 10.9 Å². The van der Waals surface area contributed by atoms with Crippen LogP contribution in [0.2, 0.25) is 0 Å². The normalized spacial score (nSPS) is 11.1. The molecule has 4 rings (SSSR count). The summed E-state index contributed by atoms with van der Waals surface area (Å²) in [5.74, 6) is -0.140. The van der Waals surface area contributed by atoms with Crippen molar-refractivity contribution in [1.82, 2.24) is 19.3 Å². The van der Waals surface area contributed by atoms with Crippen LogP contribution >= 0.6 is 0 Å². The lowest BCUT2D eigenvalue weighted by Gasteiger charge is -2.11. The maximum atomic E-state index is 13.2. The van der Waals surface area contributed by atoms with Crippen molar-refractivity contribution >= 4 is 22.8 Å². The molecule has 2 aromatic heterocycles. The minimum absolute atomic E-state index is 0.140. The molecule has 2 heterocycles. The first kappa shape index (κ1) is 21.5. The third-order valence-corrected chi connectivity index (χ3v) is 5.52. The second kappa shape index (κ2) is 9.18. The van der Waals surface area contributed by atoms with Gasteiger partial charge in [0.1, 0.15) is 11.2 Å². The van der Waals surface area contributed by atoms with Crippen LogP contribution in [-0.4, -0.2) is 25.2 Å². The average molecular weight is 430 g/mol. The number of nitrogens with zero attached hydrogens (tertiary/aromatic N) is 4. The number of aryl methyl sites for hydroxylation is 4. The van der Waals surface area contributed by atoms with Gasteiger partial charge < -0.3 is 5.32 Å². The molecule has 0 bridgehead atoms. The van der Waals surface area contributed by atoms with Crippen molar-refractivity contribution in [2.24, 2.45) is 0 Å². The number of aromatic nitrogens is 4. The van der Waals surface area contributed by atoms with Gasteiger partial charge in [0.25, 0.3) is 5.56 Å². The average Bonchev–Trinajstić information content (AvgIpc) is 3.14. The zero-order valence-electron chi connectivity index (χ0n) is 18.6. The van der Waals surface area contributed by atoms with Gasteiger partial charge in [-0.15, -0.1) is 0 Å². The van der Waals surface area contributed by atoms with Gasteiger partial charge in [0.2, 0.25) is 5.91 Å². The molecular formula is C25H27N5O2. The molecule has 7 heteroatoms. The summed E-state index contributed by atoms with van der Waals surface area (Å²) < 4.78 is 3.45. The molecule has 1 N–H and O–H groups in total. The molecule has 2 aromatic carbocycles. The maximum Gasteiger partial charge on any atom is 0.273 e. The second-order valence-corrected chi connectivity index (χ2v) is 7.71. The van der Waals surface area contributed by atoms with Crippen molar-refractivity contribution in [2.75, 3.05) is 5.32 Å². The van der Waals surface area contributed by atoms with Gasteiger partial charge in [0, 0.05) is 25.1 Å². The fourth-order valence-corrected chi connectivity index (χ4v) is 3.84. The van der Waals surface area contributed by atoms with Crippen molar-refractivity contribution in [3.63, 3.8) is 0 Å². The molecule has 0 atom stereocenters. The highest BCUT2D eigenvalue weighted by molar-refractivity contribution is 5.90. The van der Waals surface area contributed by atoms with E-state index in [0.717, 1.165) is 29.1 Å². The monoisotopic (exact) mass is 429 g/mol. The van der Waals surface area contributed by atoms with E-state index < -0.39 is 0 Å². The van der Waals surface area contributed by atoms with Crippen molar-refractivity contribution in [3.05, 3.63) is 81.9 Å². The molecule has 0 fully saturated rings. The number of hydrogen-bond donors (Lipinski definition) is 1. The quantitative estimate of drug-likeness (QED) is 0.481. The first-order valence-corrected chi connectivity index (χ1v) is 10.9. The van der Waals surface area contributed by atoms with E-state index in [1.807, 2.05) is 68.4 Å². The molecule has 0 saturated heterocycles. The van der Waals surface area contributed by atoms with Gasteiger partial charge in [0.05, 0.1) is 11.4 Å². The van der Waals surface area contributed by atoms with Gasteiger partial charge >= 0.3 is 0 Å². The van der Waals surface area contributed by atoms with Gasteiger partial charge in [-0.05, 0) is 50.1 Å². The van der Waals surface area contributed by atoms with Gasteiger partial charge in [-0.25, -0.2) is 9.67 Å². The minimum Gasteiger partial charge on any atom is -0.326 e. The Bertz CT molecular complexity index is 1320. The fraction of sp³-hybridized carbons (Fsp3) is 0.280. The molecular weight excluding hydrogens is 402 g/mol. The maximum absolute atomic E-state index is 13.2.